The number of hydrogen-bond acceptors (Lipinski definition) is 5. The number of primary amides is 1. The first kappa shape index (κ1) is 18.8. The van der Waals surface area contributed by atoms with E-state index in [2.05, 4.69) is 10.2 Å². The number of carbonyl (C=O) groups excluding carboxylic acids is 1. The molecule has 3 rings (SSSR count). The van der Waals surface area contributed by atoms with Crippen LogP contribution in [0.4, 0.5) is 0 Å². The standard InChI is InChI=1S/C22H21N5O/c23-22(28)20-10-4-8-18(14-27-25)21(20)12-17-6-1-2-9-19(17)16-7-3-5-15(11-16)13-26-24/h1-11,13-14H,12,24-25H2,(H2,23,28). The molecule has 0 fully saturated rings. The van der Waals surface area contributed by atoms with E-state index in [1.165, 1.54) is 6.21 Å². The molecular weight excluding hydrogens is 350 g/mol. The highest BCUT2D eigenvalue weighted by molar-refractivity contribution is 5.97. The zero-order valence-corrected chi connectivity index (χ0v) is 15.2. The third kappa shape index (κ3) is 4.07. The van der Waals surface area contributed by atoms with Crippen LogP contribution >= 0.6 is 0 Å². The number of benzene rings is 3. The Kier molecular flexibility index (Phi) is 5.81. The number of hydrogen-bond donors (Lipinski definition) is 3. The Morgan fingerprint density at radius 3 is 2.39 bits per heavy atom. The molecule has 0 aromatic heterocycles. The Labute approximate surface area is 163 Å². The summed E-state index contributed by atoms with van der Waals surface area (Å²) in [6.45, 7) is 0. The molecule has 6 nitrogen and oxygen atoms in total. The molecule has 0 saturated heterocycles. The topological polar surface area (TPSA) is 120 Å². The first-order valence-corrected chi connectivity index (χ1v) is 8.70. The molecule has 0 aliphatic heterocycles. The van der Waals surface area contributed by atoms with Gasteiger partial charge in [-0.1, -0.05) is 54.6 Å². The van der Waals surface area contributed by atoms with Gasteiger partial charge in [-0.2, -0.15) is 10.2 Å². The van der Waals surface area contributed by atoms with E-state index >= 15 is 0 Å². The first-order valence-electron chi connectivity index (χ1n) is 8.70. The van der Waals surface area contributed by atoms with Crippen LogP contribution in [-0.2, 0) is 6.42 Å². The molecule has 0 radical (unpaired) electrons. The van der Waals surface area contributed by atoms with E-state index < -0.39 is 5.91 Å². The van der Waals surface area contributed by atoms with E-state index in [-0.39, 0.29) is 0 Å². The lowest BCUT2D eigenvalue weighted by atomic mass is 9.90. The van der Waals surface area contributed by atoms with Gasteiger partial charge < -0.3 is 17.4 Å². The lowest BCUT2D eigenvalue weighted by Crippen LogP contribution is -2.15. The van der Waals surface area contributed by atoms with Crippen LogP contribution in [-0.4, -0.2) is 18.3 Å². The minimum absolute atomic E-state index is 0.455. The molecule has 1 amide bonds. The first-order chi connectivity index (χ1) is 13.6. The van der Waals surface area contributed by atoms with Gasteiger partial charge in [0.1, 0.15) is 0 Å². The molecule has 0 heterocycles. The Morgan fingerprint density at radius 1 is 0.893 bits per heavy atom. The fourth-order valence-electron chi connectivity index (χ4n) is 3.25. The van der Waals surface area contributed by atoms with Crippen LogP contribution in [0.15, 0.2) is 76.9 Å². The summed E-state index contributed by atoms with van der Waals surface area (Å²) in [4.78, 5) is 12.0. The van der Waals surface area contributed by atoms with E-state index in [1.807, 2.05) is 54.6 Å². The van der Waals surface area contributed by atoms with Crippen molar-refractivity contribution in [3.05, 3.63) is 94.5 Å². The Bertz CT molecular complexity index is 1060. The highest BCUT2D eigenvalue weighted by Crippen LogP contribution is 2.28. The molecule has 0 unspecified atom stereocenters. The van der Waals surface area contributed by atoms with Gasteiger partial charge in [-0.05, 0) is 51.9 Å². The number of nitrogens with two attached hydrogens (primary N) is 3. The van der Waals surface area contributed by atoms with Crippen LogP contribution < -0.4 is 17.4 Å². The highest BCUT2D eigenvalue weighted by atomic mass is 16.1. The molecule has 0 bridgehead atoms. The number of carbonyl (C=O) groups is 1. The van der Waals surface area contributed by atoms with Crippen molar-refractivity contribution in [3.8, 4) is 11.1 Å². The summed E-state index contributed by atoms with van der Waals surface area (Å²) in [7, 11) is 0. The van der Waals surface area contributed by atoms with Crippen molar-refractivity contribution in [2.75, 3.05) is 0 Å². The Morgan fingerprint density at radius 2 is 1.64 bits per heavy atom. The number of rotatable bonds is 6. The van der Waals surface area contributed by atoms with Crippen LogP contribution in [0.2, 0.25) is 0 Å². The fraction of sp³-hybridized carbons (Fsp3) is 0.0455. The second-order valence-electron chi connectivity index (χ2n) is 6.25. The van der Waals surface area contributed by atoms with Crippen LogP contribution in [0.25, 0.3) is 11.1 Å². The highest BCUT2D eigenvalue weighted by Gasteiger charge is 2.14. The van der Waals surface area contributed by atoms with Crippen LogP contribution in [0, 0.1) is 0 Å². The summed E-state index contributed by atoms with van der Waals surface area (Å²) in [5.74, 6) is 10.1. The molecular formula is C22H21N5O. The van der Waals surface area contributed by atoms with Crippen molar-refractivity contribution in [2.45, 2.75) is 6.42 Å². The molecule has 0 saturated carbocycles. The Hall–Kier alpha value is -3.93. The minimum atomic E-state index is -0.485. The maximum absolute atomic E-state index is 12.0. The summed E-state index contributed by atoms with van der Waals surface area (Å²) in [6, 6.07) is 21.3. The molecule has 0 atom stereocenters. The predicted octanol–water partition coefficient (Wildman–Crippen LogP) is 2.63. The van der Waals surface area contributed by atoms with Crippen LogP contribution in [0.5, 0.6) is 0 Å². The van der Waals surface area contributed by atoms with Gasteiger partial charge in [-0.3, -0.25) is 4.79 Å². The summed E-state index contributed by atoms with van der Waals surface area (Å²) in [6.07, 6.45) is 3.64. The monoisotopic (exact) mass is 371 g/mol. The second-order valence-corrected chi connectivity index (χ2v) is 6.25. The summed E-state index contributed by atoms with van der Waals surface area (Å²) in [5, 5.41) is 7.21. The average molecular weight is 371 g/mol. The van der Waals surface area contributed by atoms with E-state index in [0.29, 0.717) is 12.0 Å². The van der Waals surface area contributed by atoms with Gasteiger partial charge in [0.15, 0.2) is 0 Å². The average Bonchev–Trinajstić information content (AvgIpc) is 2.70. The van der Waals surface area contributed by atoms with E-state index in [9.17, 15) is 4.79 Å². The molecule has 0 spiro atoms. The van der Waals surface area contributed by atoms with Crippen LogP contribution in [0.1, 0.15) is 32.6 Å². The molecule has 28 heavy (non-hydrogen) atoms. The fourth-order valence-corrected chi connectivity index (χ4v) is 3.25. The maximum Gasteiger partial charge on any atom is 0.249 e. The minimum Gasteiger partial charge on any atom is -0.366 e. The van der Waals surface area contributed by atoms with Crippen molar-refractivity contribution in [1.29, 1.82) is 0 Å². The van der Waals surface area contributed by atoms with Crippen molar-refractivity contribution in [2.24, 2.45) is 27.6 Å². The van der Waals surface area contributed by atoms with E-state index in [1.54, 1.807) is 18.3 Å². The number of nitrogens with zero attached hydrogens (tertiary/aromatic N) is 2. The third-order valence-corrected chi connectivity index (χ3v) is 4.50. The number of hydrazone groups is 2. The van der Waals surface area contributed by atoms with Crippen molar-refractivity contribution < 1.29 is 4.79 Å². The number of amides is 1. The molecule has 0 aliphatic rings. The summed E-state index contributed by atoms with van der Waals surface area (Å²) < 4.78 is 0. The Balaban J connectivity index is 2.11. The quantitative estimate of drug-likeness (QED) is 0.351. The predicted molar refractivity (Wildman–Crippen MR) is 113 cm³/mol. The van der Waals surface area contributed by atoms with Gasteiger partial charge in [0.2, 0.25) is 5.91 Å². The lowest BCUT2D eigenvalue weighted by Gasteiger charge is -2.14. The van der Waals surface area contributed by atoms with Crippen molar-refractivity contribution in [1.82, 2.24) is 0 Å². The van der Waals surface area contributed by atoms with E-state index in [4.69, 9.17) is 17.4 Å². The normalized spacial score (nSPS) is 11.3. The molecule has 140 valence electrons. The second kappa shape index (κ2) is 8.64. The zero-order chi connectivity index (χ0) is 19.9. The summed E-state index contributed by atoms with van der Waals surface area (Å²) in [5.41, 5.74) is 11.6. The van der Waals surface area contributed by atoms with Gasteiger partial charge in [-0.25, -0.2) is 0 Å². The molecule has 6 N–H and O–H groups in total. The molecule has 0 aliphatic carbocycles. The van der Waals surface area contributed by atoms with Gasteiger partial charge in [-0.15, -0.1) is 0 Å². The molecule has 3 aromatic rings. The van der Waals surface area contributed by atoms with Gasteiger partial charge in [0.05, 0.1) is 12.4 Å². The van der Waals surface area contributed by atoms with Gasteiger partial charge in [0.25, 0.3) is 0 Å². The third-order valence-electron chi connectivity index (χ3n) is 4.50. The van der Waals surface area contributed by atoms with Gasteiger partial charge in [0, 0.05) is 5.56 Å². The lowest BCUT2D eigenvalue weighted by molar-refractivity contribution is 0.0999. The molecule has 6 heteroatoms. The molecule has 3 aromatic carbocycles. The maximum atomic E-state index is 12.0. The van der Waals surface area contributed by atoms with Crippen LogP contribution in [0.3, 0.4) is 0 Å². The van der Waals surface area contributed by atoms with Gasteiger partial charge >= 0.3 is 0 Å². The van der Waals surface area contributed by atoms with E-state index in [0.717, 1.165) is 33.4 Å². The SMILES string of the molecule is NN=Cc1cccc(-c2ccccc2Cc2c(C=NN)cccc2C(N)=O)c1. The summed E-state index contributed by atoms with van der Waals surface area (Å²) >= 11 is 0. The van der Waals surface area contributed by atoms with Crippen molar-refractivity contribution >= 4 is 18.3 Å². The zero-order valence-electron chi connectivity index (χ0n) is 15.2. The van der Waals surface area contributed by atoms with Crippen molar-refractivity contribution in [3.63, 3.8) is 0 Å². The largest absolute Gasteiger partial charge is 0.366 e. The smallest absolute Gasteiger partial charge is 0.249 e.